The topological polar surface area (TPSA) is 41.6 Å². The van der Waals surface area contributed by atoms with Gasteiger partial charge < -0.3 is 15.0 Å². The molecule has 1 N–H and O–H groups in total. The van der Waals surface area contributed by atoms with Gasteiger partial charge in [0, 0.05) is 31.7 Å². The van der Waals surface area contributed by atoms with Gasteiger partial charge in [-0.3, -0.25) is 4.79 Å². The third-order valence-electron chi connectivity index (χ3n) is 4.46. The molecule has 25 heavy (non-hydrogen) atoms. The number of benzene rings is 2. The van der Waals surface area contributed by atoms with Gasteiger partial charge >= 0.3 is 0 Å². The van der Waals surface area contributed by atoms with E-state index >= 15 is 0 Å². The van der Waals surface area contributed by atoms with Crippen LogP contribution in [0.3, 0.4) is 0 Å². The summed E-state index contributed by atoms with van der Waals surface area (Å²) in [6.45, 7) is 3.45. The molecule has 0 saturated carbocycles. The zero-order valence-corrected chi connectivity index (χ0v) is 14.6. The monoisotopic (exact) mass is 338 g/mol. The first kappa shape index (κ1) is 17.3. The molecule has 4 heteroatoms. The van der Waals surface area contributed by atoms with Gasteiger partial charge in [-0.05, 0) is 49.1 Å². The Bertz CT molecular complexity index is 649. The lowest BCUT2D eigenvalue weighted by Crippen LogP contribution is -2.23. The summed E-state index contributed by atoms with van der Waals surface area (Å²) in [6, 6.07) is 18.2. The Balaban J connectivity index is 1.33. The van der Waals surface area contributed by atoms with Crippen LogP contribution < -0.4 is 15.0 Å². The fourth-order valence-electron chi connectivity index (χ4n) is 3.03. The maximum Gasteiger partial charge on any atom is 0.220 e. The molecule has 0 bridgehead atoms. The van der Waals surface area contributed by atoms with Gasteiger partial charge in [0.15, 0.2) is 0 Å². The molecule has 1 fully saturated rings. The number of hydrogen-bond acceptors (Lipinski definition) is 3. The number of carbonyl (C=O) groups is 1. The number of amides is 1. The second-order valence-corrected chi connectivity index (χ2v) is 6.40. The largest absolute Gasteiger partial charge is 0.494 e. The minimum absolute atomic E-state index is 0.0697. The molecule has 0 aliphatic carbocycles. The van der Waals surface area contributed by atoms with Crippen LogP contribution in [0, 0.1) is 0 Å². The van der Waals surface area contributed by atoms with Gasteiger partial charge in [0.2, 0.25) is 5.91 Å². The van der Waals surface area contributed by atoms with E-state index in [0.717, 1.165) is 24.4 Å². The Morgan fingerprint density at radius 2 is 1.72 bits per heavy atom. The number of nitrogens with one attached hydrogen (secondary N) is 1. The second-order valence-electron chi connectivity index (χ2n) is 6.40. The highest BCUT2D eigenvalue weighted by Gasteiger charge is 2.11. The maximum absolute atomic E-state index is 11.9. The number of rotatable bonds is 8. The maximum atomic E-state index is 11.9. The summed E-state index contributed by atoms with van der Waals surface area (Å²) in [4.78, 5) is 14.3. The Labute approximate surface area is 149 Å². The quantitative estimate of drug-likeness (QED) is 0.745. The van der Waals surface area contributed by atoms with Crippen LogP contribution in [0.15, 0.2) is 54.6 Å². The molecule has 0 atom stereocenters. The summed E-state index contributed by atoms with van der Waals surface area (Å²) < 4.78 is 5.60. The van der Waals surface area contributed by atoms with Crippen LogP contribution in [0.5, 0.6) is 5.75 Å². The average Bonchev–Trinajstić information content (AvgIpc) is 3.20. The van der Waals surface area contributed by atoms with E-state index in [0.29, 0.717) is 26.0 Å². The summed E-state index contributed by atoms with van der Waals surface area (Å²) in [5.74, 6) is 0.918. The zero-order valence-electron chi connectivity index (χ0n) is 14.6. The number of ether oxygens (including phenoxy) is 1. The first-order chi connectivity index (χ1) is 12.3. The molecule has 1 saturated heterocycles. The molecule has 4 nitrogen and oxygen atoms in total. The molecule has 1 heterocycles. The summed E-state index contributed by atoms with van der Waals surface area (Å²) in [6.07, 6.45) is 3.77. The van der Waals surface area contributed by atoms with Crippen molar-refractivity contribution in [2.75, 3.05) is 24.6 Å². The van der Waals surface area contributed by atoms with Gasteiger partial charge in [-0.15, -0.1) is 0 Å². The Kier molecular flexibility index (Phi) is 6.32. The molecule has 0 aromatic heterocycles. The van der Waals surface area contributed by atoms with Crippen molar-refractivity contribution < 1.29 is 9.53 Å². The number of hydrogen-bond donors (Lipinski definition) is 1. The summed E-state index contributed by atoms with van der Waals surface area (Å²) in [7, 11) is 0. The molecule has 0 radical (unpaired) electrons. The fraction of sp³-hybridized carbons (Fsp3) is 0.381. The van der Waals surface area contributed by atoms with Crippen molar-refractivity contribution >= 4 is 11.6 Å². The van der Waals surface area contributed by atoms with Gasteiger partial charge in [0.1, 0.15) is 5.75 Å². The van der Waals surface area contributed by atoms with Crippen LogP contribution in [0.2, 0.25) is 0 Å². The normalized spacial score (nSPS) is 13.7. The fourth-order valence-corrected chi connectivity index (χ4v) is 3.03. The zero-order chi connectivity index (χ0) is 17.3. The van der Waals surface area contributed by atoms with Crippen LogP contribution in [-0.4, -0.2) is 25.6 Å². The van der Waals surface area contributed by atoms with Gasteiger partial charge in [0.05, 0.1) is 6.61 Å². The van der Waals surface area contributed by atoms with Crippen LogP contribution in [0.1, 0.15) is 31.2 Å². The Morgan fingerprint density at radius 1 is 1.00 bits per heavy atom. The summed E-state index contributed by atoms with van der Waals surface area (Å²) in [5, 5.41) is 2.98. The lowest BCUT2D eigenvalue weighted by molar-refractivity contribution is -0.121. The number of carbonyl (C=O) groups excluding carboxylic acids is 1. The lowest BCUT2D eigenvalue weighted by atomic mass is 10.2. The van der Waals surface area contributed by atoms with Crippen molar-refractivity contribution in [1.82, 2.24) is 5.32 Å². The SMILES string of the molecule is O=C(CCCOc1ccccc1)NCc1ccc(N2CCCC2)cc1. The lowest BCUT2D eigenvalue weighted by Gasteiger charge is -2.17. The van der Waals surface area contributed by atoms with Crippen molar-refractivity contribution in [1.29, 1.82) is 0 Å². The van der Waals surface area contributed by atoms with Crippen molar-refractivity contribution in [2.24, 2.45) is 0 Å². The first-order valence-electron chi connectivity index (χ1n) is 9.10. The van der Waals surface area contributed by atoms with Crippen molar-refractivity contribution in [2.45, 2.75) is 32.2 Å². The van der Waals surface area contributed by atoms with E-state index in [2.05, 4.69) is 34.5 Å². The second kappa shape index (κ2) is 9.11. The van der Waals surface area contributed by atoms with E-state index in [4.69, 9.17) is 4.74 Å². The standard InChI is InChI=1S/C21H26N2O2/c24-21(9-6-16-25-20-7-2-1-3-8-20)22-17-18-10-12-19(13-11-18)23-14-4-5-15-23/h1-3,7-8,10-13H,4-6,9,14-17H2,(H,22,24). The highest BCUT2D eigenvalue weighted by atomic mass is 16.5. The average molecular weight is 338 g/mol. The van der Waals surface area contributed by atoms with Crippen molar-refractivity contribution in [3.8, 4) is 5.75 Å². The molecule has 2 aromatic rings. The van der Waals surface area contributed by atoms with Crippen LogP contribution in [0.4, 0.5) is 5.69 Å². The van der Waals surface area contributed by atoms with Crippen LogP contribution >= 0.6 is 0 Å². The third kappa shape index (κ3) is 5.52. The molecule has 0 spiro atoms. The van der Waals surface area contributed by atoms with Crippen molar-refractivity contribution in [3.05, 3.63) is 60.2 Å². The predicted molar refractivity (Wildman–Crippen MR) is 101 cm³/mol. The van der Waals surface area contributed by atoms with E-state index in [9.17, 15) is 4.79 Å². The molecule has 2 aromatic carbocycles. The van der Waals surface area contributed by atoms with Gasteiger partial charge in [-0.1, -0.05) is 30.3 Å². The molecule has 1 aliphatic rings. The number of nitrogens with zero attached hydrogens (tertiary/aromatic N) is 1. The van der Waals surface area contributed by atoms with E-state index in [1.165, 1.54) is 18.5 Å². The van der Waals surface area contributed by atoms with Gasteiger partial charge in [-0.2, -0.15) is 0 Å². The number of anilines is 1. The van der Waals surface area contributed by atoms with Crippen LogP contribution in [0.25, 0.3) is 0 Å². The van der Waals surface area contributed by atoms with E-state index < -0.39 is 0 Å². The Hall–Kier alpha value is -2.49. The molecular formula is C21H26N2O2. The third-order valence-corrected chi connectivity index (χ3v) is 4.46. The highest BCUT2D eigenvalue weighted by Crippen LogP contribution is 2.20. The van der Waals surface area contributed by atoms with Gasteiger partial charge in [0.25, 0.3) is 0 Å². The molecule has 0 unspecified atom stereocenters. The van der Waals surface area contributed by atoms with Crippen molar-refractivity contribution in [3.63, 3.8) is 0 Å². The smallest absolute Gasteiger partial charge is 0.220 e. The molecule has 1 aliphatic heterocycles. The molecular weight excluding hydrogens is 312 g/mol. The predicted octanol–water partition coefficient (Wildman–Crippen LogP) is 3.76. The minimum atomic E-state index is 0.0697. The van der Waals surface area contributed by atoms with E-state index in [1.54, 1.807) is 0 Å². The van der Waals surface area contributed by atoms with Gasteiger partial charge in [-0.25, -0.2) is 0 Å². The summed E-state index contributed by atoms with van der Waals surface area (Å²) in [5.41, 5.74) is 2.42. The highest BCUT2D eigenvalue weighted by molar-refractivity contribution is 5.75. The van der Waals surface area contributed by atoms with E-state index in [-0.39, 0.29) is 5.91 Å². The van der Waals surface area contributed by atoms with E-state index in [1.807, 2.05) is 30.3 Å². The molecule has 1 amide bonds. The van der Waals surface area contributed by atoms with Crippen LogP contribution in [-0.2, 0) is 11.3 Å². The molecule has 3 rings (SSSR count). The Morgan fingerprint density at radius 3 is 2.44 bits per heavy atom. The number of para-hydroxylation sites is 1. The molecule has 132 valence electrons. The first-order valence-corrected chi connectivity index (χ1v) is 9.10. The summed E-state index contributed by atoms with van der Waals surface area (Å²) >= 11 is 0. The minimum Gasteiger partial charge on any atom is -0.494 e.